The predicted molar refractivity (Wildman–Crippen MR) is 60.4 cm³/mol. The van der Waals surface area contributed by atoms with Gasteiger partial charge in [0.2, 0.25) is 0 Å². The summed E-state index contributed by atoms with van der Waals surface area (Å²) in [4.78, 5) is 0. The summed E-state index contributed by atoms with van der Waals surface area (Å²) in [6, 6.07) is 0.736. The van der Waals surface area contributed by atoms with Crippen molar-refractivity contribution in [3.63, 3.8) is 0 Å². The van der Waals surface area contributed by atoms with Crippen molar-refractivity contribution in [2.24, 2.45) is 11.3 Å². The fraction of sp³-hybridized carbons (Fsp3) is 1.00. The second kappa shape index (κ2) is 4.19. The summed E-state index contributed by atoms with van der Waals surface area (Å²) in [6.45, 7) is 8.38. The molecule has 1 saturated carbocycles. The van der Waals surface area contributed by atoms with E-state index in [4.69, 9.17) is 0 Å². The van der Waals surface area contributed by atoms with Crippen LogP contribution in [0, 0.1) is 11.3 Å². The van der Waals surface area contributed by atoms with Gasteiger partial charge < -0.3 is 10.6 Å². The minimum atomic E-state index is 0.664. The van der Waals surface area contributed by atoms with Crippen LogP contribution in [0.25, 0.3) is 0 Å². The highest BCUT2D eigenvalue weighted by atomic mass is 15.0. The monoisotopic (exact) mass is 196 g/mol. The van der Waals surface area contributed by atoms with E-state index in [0.29, 0.717) is 5.41 Å². The summed E-state index contributed by atoms with van der Waals surface area (Å²) in [7, 11) is 0. The first-order valence-corrected chi connectivity index (χ1v) is 6.17. The van der Waals surface area contributed by atoms with Crippen LogP contribution in [0.5, 0.6) is 0 Å². The van der Waals surface area contributed by atoms with Gasteiger partial charge in [-0.25, -0.2) is 0 Å². The molecule has 14 heavy (non-hydrogen) atoms. The van der Waals surface area contributed by atoms with Crippen molar-refractivity contribution in [1.82, 2.24) is 10.6 Å². The number of hydrogen-bond acceptors (Lipinski definition) is 2. The molecule has 1 aliphatic heterocycles. The van der Waals surface area contributed by atoms with Gasteiger partial charge in [-0.05, 0) is 43.6 Å². The molecule has 0 aromatic rings. The number of piperidine rings is 1. The van der Waals surface area contributed by atoms with Gasteiger partial charge >= 0.3 is 0 Å². The van der Waals surface area contributed by atoms with Crippen LogP contribution in [0.1, 0.15) is 39.5 Å². The van der Waals surface area contributed by atoms with Crippen molar-refractivity contribution >= 4 is 0 Å². The molecular weight excluding hydrogens is 172 g/mol. The van der Waals surface area contributed by atoms with E-state index in [0.717, 1.165) is 12.0 Å². The van der Waals surface area contributed by atoms with Gasteiger partial charge in [0.1, 0.15) is 0 Å². The first-order chi connectivity index (χ1) is 6.73. The average molecular weight is 196 g/mol. The number of nitrogens with one attached hydrogen (secondary N) is 2. The highest BCUT2D eigenvalue weighted by Gasteiger charge is 2.45. The van der Waals surface area contributed by atoms with Crippen molar-refractivity contribution in [2.45, 2.75) is 45.6 Å². The first kappa shape index (κ1) is 10.4. The van der Waals surface area contributed by atoms with Crippen LogP contribution >= 0.6 is 0 Å². The molecule has 0 aromatic heterocycles. The zero-order valence-corrected chi connectivity index (χ0v) is 9.60. The molecule has 0 bridgehead atoms. The molecule has 1 heterocycles. The van der Waals surface area contributed by atoms with Crippen LogP contribution in [0.3, 0.4) is 0 Å². The lowest BCUT2D eigenvalue weighted by atomic mass is 9.92. The summed E-state index contributed by atoms with van der Waals surface area (Å²) < 4.78 is 0. The van der Waals surface area contributed by atoms with Crippen LogP contribution in [-0.2, 0) is 0 Å². The topological polar surface area (TPSA) is 24.1 Å². The minimum Gasteiger partial charge on any atom is -0.315 e. The molecule has 1 atom stereocenters. The molecule has 2 heteroatoms. The van der Waals surface area contributed by atoms with E-state index in [1.54, 1.807) is 0 Å². The standard InChI is InChI=1S/C12H24N2/c1-10(2)12(5-6-12)9-14-11-4-3-7-13-8-11/h10-11,13-14H,3-9H2,1-2H3. The van der Waals surface area contributed by atoms with Gasteiger partial charge in [-0.1, -0.05) is 13.8 Å². The molecule has 0 aromatic carbocycles. The molecule has 1 saturated heterocycles. The molecule has 0 amide bonds. The molecule has 82 valence electrons. The van der Waals surface area contributed by atoms with Crippen molar-refractivity contribution in [3.8, 4) is 0 Å². The summed E-state index contributed by atoms with van der Waals surface area (Å²) in [5.74, 6) is 0.853. The fourth-order valence-electron chi connectivity index (χ4n) is 2.49. The Kier molecular flexibility index (Phi) is 3.13. The van der Waals surface area contributed by atoms with Gasteiger partial charge in [0.15, 0.2) is 0 Å². The minimum absolute atomic E-state index is 0.664. The van der Waals surface area contributed by atoms with Crippen LogP contribution in [-0.4, -0.2) is 25.7 Å². The van der Waals surface area contributed by atoms with Crippen LogP contribution in [0.4, 0.5) is 0 Å². The Morgan fingerprint density at radius 3 is 2.71 bits per heavy atom. The molecule has 1 aliphatic carbocycles. The van der Waals surface area contributed by atoms with Gasteiger partial charge in [0.25, 0.3) is 0 Å². The summed E-state index contributed by atoms with van der Waals surface area (Å²) in [5.41, 5.74) is 0.664. The Morgan fingerprint density at radius 2 is 2.21 bits per heavy atom. The van der Waals surface area contributed by atoms with Gasteiger partial charge in [-0.3, -0.25) is 0 Å². The molecule has 0 radical (unpaired) electrons. The Hall–Kier alpha value is -0.0800. The summed E-state index contributed by atoms with van der Waals surface area (Å²) in [5, 5.41) is 7.20. The smallest absolute Gasteiger partial charge is 0.0193 e. The largest absolute Gasteiger partial charge is 0.315 e. The van der Waals surface area contributed by atoms with Gasteiger partial charge in [0.05, 0.1) is 0 Å². The van der Waals surface area contributed by atoms with Crippen molar-refractivity contribution in [1.29, 1.82) is 0 Å². The Labute approximate surface area is 87.8 Å². The van der Waals surface area contributed by atoms with E-state index in [2.05, 4.69) is 24.5 Å². The summed E-state index contributed by atoms with van der Waals surface area (Å²) >= 11 is 0. The zero-order valence-electron chi connectivity index (χ0n) is 9.60. The van der Waals surface area contributed by atoms with Gasteiger partial charge in [0, 0.05) is 19.1 Å². The maximum atomic E-state index is 3.74. The van der Waals surface area contributed by atoms with Gasteiger partial charge in [-0.15, -0.1) is 0 Å². The normalized spacial score (nSPS) is 30.6. The molecule has 1 unspecified atom stereocenters. The molecular formula is C12H24N2. The third-order valence-corrected chi connectivity index (χ3v) is 4.16. The zero-order chi connectivity index (χ0) is 10.0. The maximum absolute atomic E-state index is 3.74. The predicted octanol–water partition coefficient (Wildman–Crippen LogP) is 1.76. The van der Waals surface area contributed by atoms with Crippen LogP contribution in [0.2, 0.25) is 0 Å². The average Bonchev–Trinajstić information content (AvgIpc) is 2.97. The Morgan fingerprint density at radius 1 is 1.43 bits per heavy atom. The molecule has 2 N–H and O–H groups in total. The molecule has 2 nitrogen and oxygen atoms in total. The quantitative estimate of drug-likeness (QED) is 0.716. The van der Waals surface area contributed by atoms with E-state index in [9.17, 15) is 0 Å². The highest BCUT2D eigenvalue weighted by Crippen LogP contribution is 2.51. The van der Waals surface area contributed by atoms with E-state index in [-0.39, 0.29) is 0 Å². The number of hydrogen-bond donors (Lipinski definition) is 2. The maximum Gasteiger partial charge on any atom is 0.0193 e. The van der Waals surface area contributed by atoms with Crippen molar-refractivity contribution in [2.75, 3.05) is 19.6 Å². The Bertz CT molecular complexity index is 179. The molecule has 2 aliphatic rings. The van der Waals surface area contributed by atoms with Crippen LogP contribution < -0.4 is 10.6 Å². The lowest BCUT2D eigenvalue weighted by Crippen LogP contribution is -2.45. The van der Waals surface area contributed by atoms with E-state index < -0.39 is 0 Å². The molecule has 0 spiro atoms. The lowest BCUT2D eigenvalue weighted by Gasteiger charge is -2.28. The SMILES string of the molecule is CC(C)C1(CNC2CCCNC2)CC1. The lowest BCUT2D eigenvalue weighted by molar-refractivity contribution is 0.298. The second-order valence-electron chi connectivity index (χ2n) is 5.44. The number of rotatable bonds is 4. The van der Waals surface area contributed by atoms with Gasteiger partial charge in [-0.2, -0.15) is 0 Å². The second-order valence-corrected chi connectivity index (χ2v) is 5.44. The van der Waals surface area contributed by atoms with Crippen molar-refractivity contribution < 1.29 is 0 Å². The van der Waals surface area contributed by atoms with Crippen molar-refractivity contribution in [3.05, 3.63) is 0 Å². The first-order valence-electron chi connectivity index (χ1n) is 6.17. The fourth-order valence-corrected chi connectivity index (χ4v) is 2.49. The third kappa shape index (κ3) is 2.29. The highest BCUT2D eigenvalue weighted by molar-refractivity contribution is 4.98. The Balaban J connectivity index is 1.71. The molecule has 2 fully saturated rings. The summed E-state index contributed by atoms with van der Waals surface area (Å²) in [6.07, 6.45) is 5.59. The van der Waals surface area contributed by atoms with Crippen LogP contribution in [0.15, 0.2) is 0 Å². The van der Waals surface area contributed by atoms with E-state index in [1.165, 1.54) is 45.3 Å². The van der Waals surface area contributed by atoms with E-state index in [1.807, 2.05) is 0 Å². The van der Waals surface area contributed by atoms with E-state index >= 15 is 0 Å². The molecule has 2 rings (SSSR count). The third-order valence-electron chi connectivity index (χ3n) is 4.16.